The Morgan fingerprint density at radius 3 is 2.84 bits per heavy atom. The van der Waals surface area contributed by atoms with Gasteiger partial charge in [-0.05, 0) is 37.0 Å². The zero-order valence-electron chi connectivity index (χ0n) is 10.8. The predicted molar refractivity (Wildman–Crippen MR) is 74.0 cm³/mol. The van der Waals surface area contributed by atoms with Crippen molar-refractivity contribution >= 4 is 16.8 Å². The topological polar surface area (TPSA) is 56.3 Å². The summed E-state index contributed by atoms with van der Waals surface area (Å²) in [5.41, 5.74) is 1.76. The Morgan fingerprint density at radius 2 is 2.11 bits per heavy atom. The minimum Gasteiger partial charge on any atom is -0.396 e. The highest BCUT2D eigenvalue weighted by Crippen LogP contribution is 2.22. The van der Waals surface area contributed by atoms with Crippen LogP contribution in [0.4, 0.5) is 0 Å². The first-order valence-electron chi connectivity index (χ1n) is 6.76. The van der Waals surface area contributed by atoms with Gasteiger partial charge in [-0.1, -0.05) is 6.07 Å². The molecule has 3 rings (SSSR count). The number of aromatic nitrogens is 1. The van der Waals surface area contributed by atoms with Crippen molar-refractivity contribution in [1.29, 1.82) is 0 Å². The van der Waals surface area contributed by atoms with Gasteiger partial charge < -0.3 is 15.0 Å². The Bertz CT molecular complexity index is 583. The van der Waals surface area contributed by atoms with E-state index >= 15 is 0 Å². The second-order valence-corrected chi connectivity index (χ2v) is 5.16. The van der Waals surface area contributed by atoms with Crippen LogP contribution in [0, 0.1) is 5.92 Å². The summed E-state index contributed by atoms with van der Waals surface area (Å²) in [6.45, 7) is 1.71. The molecular weight excluding hydrogens is 240 g/mol. The van der Waals surface area contributed by atoms with Gasteiger partial charge in [-0.25, -0.2) is 0 Å². The van der Waals surface area contributed by atoms with E-state index in [1.165, 1.54) is 0 Å². The van der Waals surface area contributed by atoms with Gasteiger partial charge in [-0.2, -0.15) is 0 Å². The number of carbonyl (C=O) groups is 1. The number of nitrogens with one attached hydrogen (secondary N) is 1. The zero-order chi connectivity index (χ0) is 13.2. The van der Waals surface area contributed by atoms with Crippen molar-refractivity contribution in [2.45, 2.75) is 12.8 Å². The monoisotopic (exact) mass is 258 g/mol. The summed E-state index contributed by atoms with van der Waals surface area (Å²) in [6.07, 6.45) is 3.65. The second-order valence-electron chi connectivity index (χ2n) is 5.16. The van der Waals surface area contributed by atoms with E-state index in [0.717, 1.165) is 42.4 Å². The second kappa shape index (κ2) is 5.05. The molecule has 0 atom stereocenters. The van der Waals surface area contributed by atoms with E-state index in [4.69, 9.17) is 5.11 Å². The SMILES string of the molecule is O=C(c1cccc2[nH]ccc12)N1CCC(CO)CC1. The molecule has 1 saturated heterocycles. The van der Waals surface area contributed by atoms with E-state index in [-0.39, 0.29) is 12.5 Å². The molecule has 2 heterocycles. The lowest BCUT2D eigenvalue weighted by Crippen LogP contribution is -2.39. The number of rotatable bonds is 2. The number of aromatic amines is 1. The normalized spacial score (nSPS) is 17.0. The van der Waals surface area contributed by atoms with Crippen molar-refractivity contribution in [3.05, 3.63) is 36.0 Å². The molecule has 1 aromatic carbocycles. The Hall–Kier alpha value is -1.81. The average Bonchev–Trinajstić information content (AvgIpc) is 2.95. The number of nitrogens with zero attached hydrogens (tertiary/aromatic N) is 1. The van der Waals surface area contributed by atoms with Crippen molar-refractivity contribution in [3.8, 4) is 0 Å². The van der Waals surface area contributed by atoms with Gasteiger partial charge in [0.1, 0.15) is 0 Å². The molecule has 1 fully saturated rings. The van der Waals surface area contributed by atoms with Crippen LogP contribution in [0.2, 0.25) is 0 Å². The Morgan fingerprint density at radius 1 is 1.32 bits per heavy atom. The summed E-state index contributed by atoms with van der Waals surface area (Å²) in [5, 5.41) is 10.1. The van der Waals surface area contributed by atoms with Crippen LogP contribution in [0.5, 0.6) is 0 Å². The molecule has 1 amide bonds. The van der Waals surface area contributed by atoms with Crippen LogP contribution < -0.4 is 0 Å². The van der Waals surface area contributed by atoms with Gasteiger partial charge in [-0.3, -0.25) is 4.79 Å². The molecule has 4 nitrogen and oxygen atoms in total. The average molecular weight is 258 g/mol. The van der Waals surface area contributed by atoms with Gasteiger partial charge in [-0.15, -0.1) is 0 Å². The molecule has 19 heavy (non-hydrogen) atoms. The zero-order valence-corrected chi connectivity index (χ0v) is 10.8. The molecule has 2 N–H and O–H groups in total. The van der Waals surface area contributed by atoms with Gasteiger partial charge in [0.05, 0.1) is 0 Å². The molecule has 0 unspecified atom stereocenters. The number of piperidine rings is 1. The van der Waals surface area contributed by atoms with E-state index in [2.05, 4.69) is 4.98 Å². The number of likely N-dealkylation sites (tertiary alicyclic amines) is 1. The van der Waals surface area contributed by atoms with Gasteiger partial charge in [0, 0.05) is 42.4 Å². The van der Waals surface area contributed by atoms with Gasteiger partial charge >= 0.3 is 0 Å². The molecule has 1 aromatic heterocycles. The van der Waals surface area contributed by atoms with Crippen molar-refractivity contribution in [3.63, 3.8) is 0 Å². The molecule has 100 valence electrons. The number of hydrogen-bond acceptors (Lipinski definition) is 2. The molecule has 1 aliphatic rings. The third-order valence-electron chi connectivity index (χ3n) is 3.99. The van der Waals surface area contributed by atoms with Crippen molar-refractivity contribution in [2.24, 2.45) is 5.92 Å². The first-order valence-corrected chi connectivity index (χ1v) is 6.76. The van der Waals surface area contributed by atoms with Crippen LogP contribution in [0.1, 0.15) is 23.2 Å². The quantitative estimate of drug-likeness (QED) is 0.865. The Labute approximate surface area is 112 Å². The third kappa shape index (κ3) is 2.24. The van der Waals surface area contributed by atoms with E-state index < -0.39 is 0 Å². The molecule has 0 spiro atoms. The maximum atomic E-state index is 12.6. The summed E-state index contributed by atoms with van der Waals surface area (Å²) in [7, 11) is 0. The van der Waals surface area contributed by atoms with E-state index in [9.17, 15) is 4.79 Å². The fraction of sp³-hybridized carbons (Fsp3) is 0.400. The first kappa shape index (κ1) is 12.2. The molecule has 0 saturated carbocycles. The fourth-order valence-corrected chi connectivity index (χ4v) is 2.76. The molecule has 0 bridgehead atoms. The van der Waals surface area contributed by atoms with E-state index in [1.807, 2.05) is 35.4 Å². The maximum absolute atomic E-state index is 12.6. The predicted octanol–water partition coefficient (Wildman–Crippen LogP) is 2.01. The highest BCUT2D eigenvalue weighted by molar-refractivity contribution is 6.06. The number of amides is 1. The summed E-state index contributed by atoms with van der Waals surface area (Å²) >= 11 is 0. The molecule has 1 aliphatic heterocycles. The van der Waals surface area contributed by atoms with Gasteiger partial charge in [0.2, 0.25) is 0 Å². The molecule has 0 aliphatic carbocycles. The van der Waals surface area contributed by atoms with Crippen molar-refractivity contribution in [2.75, 3.05) is 19.7 Å². The number of benzene rings is 1. The smallest absolute Gasteiger partial charge is 0.254 e. The van der Waals surface area contributed by atoms with Crippen LogP contribution >= 0.6 is 0 Å². The van der Waals surface area contributed by atoms with Crippen LogP contribution in [0.25, 0.3) is 10.9 Å². The van der Waals surface area contributed by atoms with Crippen LogP contribution in [0.3, 0.4) is 0 Å². The number of hydrogen-bond donors (Lipinski definition) is 2. The van der Waals surface area contributed by atoms with E-state index in [0.29, 0.717) is 5.92 Å². The molecule has 2 aromatic rings. The molecule has 4 heteroatoms. The fourth-order valence-electron chi connectivity index (χ4n) is 2.76. The van der Waals surface area contributed by atoms with Crippen molar-refractivity contribution < 1.29 is 9.90 Å². The summed E-state index contributed by atoms with van der Waals surface area (Å²) < 4.78 is 0. The number of aliphatic hydroxyl groups is 1. The molecule has 0 radical (unpaired) electrons. The summed E-state index contributed by atoms with van der Waals surface area (Å²) in [6, 6.07) is 7.72. The lowest BCUT2D eigenvalue weighted by Gasteiger charge is -2.31. The minimum absolute atomic E-state index is 0.0987. The summed E-state index contributed by atoms with van der Waals surface area (Å²) in [4.78, 5) is 17.6. The van der Waals surface area contributed by atoms with Crippen LogP contribution in [0.15, 0.2) is 30.5 Å². The van der Waals surface area contributed by atoms with Gasteiger partial charge in [0.25, 0.3) is 5.91 Å². The van der Waals surface area contributed by atoms with Crippen molar-refractivity contribution in [1.82, 2.24) is 9.88 Å². The summed E-state index contributed by atoms with van der Waals surface area (Å²) in [5.74, 6) is 0.452. The third-order valence-corrected chi connectivity index (χ3v) is 3.99. The minimum atomic E-state index is 0.0987. The van der Waals surface area contributed by atoms with Gasteiger partial charge in [0.15, 0.2) is 0 Å². The van der Waals surface area contributed by atoms with E-state index in [1.54, 1.807) is 0 Å². The standard InChI is InChI=1S/C15H18N2O2/c18-10-11-5-8-17(9-6-11)15(19)13-2-1-3-14-12(13)4-7-16-14/h1-4,7,11,16,18H,5-6,8-10H2. The number of aliphatic hydroxyl groups excluding tert-OH is 1. The highest BCUT2D eigenvalue weighted by atomic mass is 16.3. The molecular formula is C15H18N2O2. The number of carbonyl (C=O) groups excluding carboxylic acids is 1. The Balaban J connectivity index is 1.82. The highest BCUT2D eigenvalue weighted by Gasteiger charge is 2.24. The first-order chi connectivity index (χ1) is 9.29. The largest absolute Gasteiger partial charge is 0.396 e. The van der Waals surface area contributed by atoms with Crippen LogP contribution in [-0.2, 0) is 0 Å². The Kier molecular flexibility index (Phi) is 3.25. The lowest BCUT2D eigenvalue weighted by molar-refractivity contribution is 0.0653. The maximum Gasteiger partial charge on any atom is 0.254 e. The number of H-pyrrole nitrogens is 1. The van der Waals surface area contributed by atoms with Crippen LogP contribution in [-0.4, -0.2) is 40.6 Å². The lowest BCUT2D eigenvalue weighted by atomic mass is 9.97. The number of fused-ring (bicyclic) bond motifs is 1.